The molecule has 142 valence electrons. The van der Waals surface area contributed by atoms with Gasteiger partial charge >= 0.3 is 0 Å². The fourth-order valence-corrected chi connectivity index (χ4v) is 4.63. The quantitative estimate of drug-likeness (QED) is 0.783. The number of piperazine rings is 1. The molecule has 0 saturated carbocycles. The number of nitrogens with zero attached hydrogens (tertiary/aromatic N) is 6. The van der Waals surface area contributed by atoms with Crippen LogP contribution >= 0.6 is 0 Å². The minimum absolute atomic E-state index is 0.211. The number of hydrogen-bond acceptors (Lipinski definition) is 6. The van der Waals surface area contributed by atoms with Crippen molar-refractivity contribution in [2.24, 2.45) is 0 Å². The molecule has 26 heavy (non-hydrogen) atoms. The van der Waals surface area contributed by atoms with Gasteiger partial charge in [-0.1, -0.05) is 6.92 Å². The zero-order chi connectivity index (χ0) is 18.9. The molecule has 0 atom stereocenters. The summed E-state index contributed by atoms with van der Waals surface area (Å²) in [6, 6.07) is 1.94. The van der Waals surface area contributed by atoms with Crippen LogP contribution in [0.3, 0.4) is 0 Å². The summed E-state index contributed by atoms with van der Waals surface area (Å²) >= 11 is 0. The monoisotopic (exact) mass is 378 g/mol. The van der Waals surface area contributed by atoms with E-state index in [-0.39, 0.29) is 5.75 Å². The maximum atomic E-state index is 12.2. The van der Waals surface area contributed by atoms with Crippen molar-refractivity contribution in [1.82, 2.24) is 23.8 Å². The molecule has 8 nitrogen and oxygen atoms in total. The lowest BCUT2D eigenvalue weighted by atomic mass is 10.3. The van der Waals surface area contributed by atoms with Gasteiger partial charge in [-0.25, -0.2) is 23.4 Å². The Morgan fingerprint density at radius 3 is 2.27 bits per heavy atom. The summed E-state index contributed by atoms with van der Waals surface area (Å²) in [5, 5.41) is 0. The van der Waals surface area contributed by atoms with Crippen molar-refractivity contribution in [3.05, 3.63) is 29.6 Å². The molecule has 3 rings (SSSR count). The molecule has 9 heteroatoms. The number of aryl methyl sites for hydroxylation is 2. The van der Waals surface area contributed by atoms with Gasteiger partial charge in [0, 0.05) is 37.9 Å². The third-order valence-corrected chi connectivity index (χ3v) is 6.80. The molecule has 0 N–H and O–H groups in total. The van der Waals surface area contributed by atoms with Crippen LogP contribution in [0.5, 0.6) is 0 Å². The molecule has 2 aromatic rings. The fourth-order valence-electron chi connectivity index (χ4n) is 3.13. The van der Waals surface area contributed by atoms with Crippen molar-refractivity contribution in [2.75, 3.05) is 36.8 Å². The largest absolute Gasteiger partial charge is 0.354 e. The fraction of sp³-hybridized carbons (Fsp3) is 0.588. The minimum atomic E-state index is -3.14. The standard InChI is InChI=1S/C17H26N6O2S/c1-5-10-26(24,25)22-8-6-21(7-9-22)16-11-17(20-15(4)19-16)23-12-18-13(2)14(23)3/h11-12H,5-10H2,1-4H3. The molecule has 2 aromatic heterocycles. The van der Waals surface area contributed by atoms with E-state index in [2.05, 4.69) is 19.9 Å². The number of sulfonamides is 1. The highest BCUT2D eigenvalue weighted by Crippen LogP contribution is 2.20. The Bertz CT molecular complexity index is 885. The highest BCUT2D eigenvalue weighted by molar-refractivity contribution is 7.89. The molecule has 0 radical (unpaired) electrons. The molecule has 1 aliphatic heterocycles. The van der Waals surface area contributed by atoms with E-state index in [1.54, 1.807) is 10.6 Å². The average Bonchev–Trinajstić information content (AvgIpc) is 2.94. The normalized spacial score (nSPS) is 16.2. The Kier molecular flexibility index (Phi) is 5.29. The number of aromatic nitrogens is 4. The van der Waals surface area contributed by atoms with Crippen LogP contribution in [-0.4, -0.2) is 64.2 Å². The van der Waals surface area contributed by atoms with Gasteiger partial charge in [-0.2, -0.15) is 4.31 Å². The summed E-state index contributed by atoms with van der Waals surface area (Å²) in [6.45, 7) is 9.97. The second-order valence-electron chi connectivity index (χ2n) is 6.62. The first-order chi connectivity index (χ1) is 12.3. The zero-order valence-electron chi connectivity index (χ0n) is 15.8. The zero-order valence-corrected chi connectivity index (χ0v) is 16.6. The van der Waals surface area contributed by atoms with Crippen molar-refractivity contribution >= 4 is 15.8 Å². The molecule has 1 fully saturated rings. The van der Waals surface area contributed by atoms with Gasteiger partial charge in [0.05, 0.1) is 11.4 Å². The molecule has 0 bridgehead atoms. The molecule has 0 aromatic carbocycles. The van der Waals surface area contributed by atoms with Gasteiger partial charge in [-0.3, -0.25) is 4.57 Å². The smallest absolute Gasteiger partial charge is 0.214 e. The molecule has 0 spiro atoms. The van der Waals surface area contributed by atoms with Crippen LogP contribution in [-0.2, 0) is 10.0 Å². The number of imidazole rings is 1. The van der Waals surface area contributed by atoms with E-state index in [0.29, 0.717) is 38.4 Å². The molecule has 1 aliphatic rings. The molecule has 1 saturated heterocycles. The SMILES string of the molecule is CCCS(=O)(=O)N1CCN(c2cc(-n3cnc(C)c3C)nc(C)n2)CC1. The van der Waals surface area contributed by atoms with E-state index in [4.69, 9.17) is 0 Å². The predicted octanol–water partition coefficient (Wildman–Crippen LogP) is 1.45. The highest BCUT2D eigenvalue weighted by atomic mass is 32.2. The average molecular weight is 379 g/mol. The molecular weight excluding hydrogens is 352 g/mol. The second-order valence-corrected chi connectivity index (χ2v) is 8.71. The molecule has 0 unspecified atom stereocenters. The Balaban J connectivity index is 1.80. The third kappa shape index (κ3) is 3.73. The van der Waals surface area contributed by atoms with E-state index >= 15 is 0 Å². The van der Waals surface area contributed by atoms with E-state index in [9.17, 15) is 8.42 Å². The number of hydrogen-bond donors (Lipinski definition) is 0. The van der Waals surface area contributed by atoms with Crippen molar-refractivity contribution in [3.63, 3.8) is 0 Å². The first-order valence-electron chi connectivity index (χ1n) is 8.91. The van der Waals surface area contributed by atoms with Crippen molar-refractivity contribution < 1.29 is 8.42 Å². The van der Waals surface area contributed by atoms with Gasteiger partial charge in [0.25, 0.3) is 0 Å². The predicted molar refractivity (Wildman–Crippen MR) is 101 cm³/mol. The van der Waals surface area contributed by atoms with Crippen LogP contribution in [0, 0.1) is 20.8 Å². The Morgan fingerprint density at radius 2 is 1.69 bits per heavy atom. The summed E-state index contributed by atoms with van der Waals surface area (Å²) in [5.41, 5.74) is 2.02. The summed E-state index contributed by atoms with van der Waals surface area (Å²) < 4.78 is 28.0. The first-order valence-corrected chi connectivity index (χ1v) is 10.5. The van der Waals surface area contributed by atoms with Crippen LogP contribution in [0.1, 0.15) is 30.6 Å². The van der Waals surface area contributed by atoms with Gasteiger partial charge in [0.2, 0.25) is 10.0 Å². The Labute approximate surface area is 154 Å². The molecular formula is C17H26N6O2S. The number of anilines is 1. The highest BCUT2D eigenvalue weighted by Gasteiger charge is 2.27. The number of rotatable bonds is 5. The van der Waals surface area contributed by atoms with E-state index in [1.807, 2.05) is 38.3 Å². The van der Waals surface area contributed by atoms with E-state index in [1.165, 1.54) is 0 Å². The maximum Gasteiger partial charge on any atom is 0.214 e. The Hall–Kier alpha value is -2.00. The van der Waals surface area contributed by atoms with Crippen molar-refractivity contribution in [2.45, 2.75) is 34.1 Å². The lowest BCUT2D eigenvalue weighted by Crippen LogP contribution is -2.49. The maximum absolute atomic E-state index is 12.2. The molecule has 3 heterocycles. The lowest BCUT2D eigenvalue weighted by Gasteiger charge is -2.34. The van der Waals surface area contributed by atoms with Crippen LogP contribution in [0.2, 0.25) is 0 Å². The van der Waals surface area contributed by atoms with Gasteiger partial charge in [0.15, 0.2) is 0 Å². The van der Waals surface area contributed by atoms with Gasteiger partial charge in [-0.05, 0) is 27.2 Å². The van der Waals surface area contributed by atoms with Crippen LogP contribution in [0.25, 0.3) is 5.82 Å². The summed E-state index contributed by atoms with van der Waals surface area (Å²) in [7, 11) is -3.14. The van der Waals surface area contributed by atoms with Gasteiger partial charge < -0.3 is 4.90 Å². The topological polar surface area (TPSA) is 84.2 Å². The van der Waals surface area contributed by atoms with Crippen LogP contribution in [0.4, 0.5) is 5.82 Å². The van der Waals surface area contributed by atoms with Gasteiger partial charge in [0.1, 0.15) is 23.8 Å². The van der Waals surface area contributed by atoms with Crippen LogP contribution < -0.4 is 4.90 Å². The summed E-state index contributed by atoms with van der Waals surface area (Å²) in [5.74, 6) is 2.50. The van der Waals surface area contributed by atoms with E-state index < -0.39 is 10.0 Å². The van der Waals surface area contributed by atoms with Crippen molar-refractivity contribution in [1.29, 1.82) is 0 Å². The van der Waals surface area contributed by atoms with Crippen molar-refractivity contribution in [3.8, 4) is 5.82 Å². The van der Waals surface area contributed by atoms with Gasteiger partial charge in [-0.15, -0.1) is 0 Å². The lowest BCUT2D eigenvalue weighted by molar-refractivity contribution is 0.383. The molecule has 0 amide bonds. The second kappa shape index (κ2) is 7.32. The molecule has 0 aliphatic carbocycles. The Morgan fingerprint density at radius 1 is 1.04 bits per heavy atom. The summed E-state index contributed by atoms with van der Waals surface area (Å²) in [6.07, 6.45) is 2.41. The van der Waals surface area contributed by atoms with Crippen LogP contribution in [0.15, 0.2) is 12.4 Å². The third-order valence-electron chi connectivity index (χ3n) is 4.73. The van der Waals surface area contributed by atoms with E-state index in [0.717, 1.165) is 23.0 Å². The minimum Gasteiger partial charge on any atom is -0.354 e. The first kappa shape index (κ1) is 18.8. The summed E-state index contributed by atoms with van der Waals surface area (Å²) in [4.78, 5) is 15.5.